The van der Waals surface area contributed by atoms with E-state index in [2.05, 4.69) is 4.98 Å². The summed E-state index contributed by atoms with van der Waals surface area (Å²) < 4.78 is 23.2. The van der Waals surface area contributed by atoms with Crippen LogP contribution in [0.25, 0.3) is 0 Å². The van der Waals surface area contributed by atoms with Gasteiger partial charge in [0.2, 0.25) is 0 Å². The van der Waals surface area contributed by atoms with Crippen molar-refractivity contribution in [2.24, 2.45) is 0 Å². The number of hydrogen-bond donors (Lipinski definition) is 1. The van der Waals surface area contributed by atoms with E-state index in [1.807, 2.05) is 0 Å². The second kappa shape index (κ2) is 4.56. The number of hydrogen-bond acceptors (Lipinski definition) is 5. The first-order chi connectivity index (χ1) is 8.40. The smallest absolute Gasteiger partial charge is 0.354 e. The molecule has 0 bridgehead atoms. The topological polar surface area (TPSA) is 87.6 Å². The maximum absolute atomic E-state index is 11.6. The molecule has 0 radical (unpaired) electrons. The molecule has 0 aromatic carbocycles. The summed E-state index contributed by atoms with van der Waals surface area (Å²) >= 11 is 0. The molecule has 18 heavy (non-hydrogen) atoms. The van der Waals surface area contributed by atoms with E-state index in [1.165, 1.54) is 6.07 Å². The van der Waals surface area contributed by atoms with Crippen molar-refractivity contribution in [3.05, 3.63) is 23.9 Å². The average molecular weight is 270 g/mol. The van der Waals surface area contributed by atoms with Gasteiger partial charge < -0.3 is 10.0 Å². The van der Waals surface area contributed by atoms with Gasteiger partial charge in [-0.2, -0.15) is 0 Å². The number of anilines is 1. The Bertz CT molecular complexity index is 570. The Morgan fingerprint density at radius 1 is 1.50 bits per heavy atom. The van der Waals surface area contributed by atoms with Gasteiger partial charge in [-0.15, -0.1) is 0 Å². The molecule has 1 atom stereocenters. The van der Waals surface area contributed by atoms with Crippen LogP contribution in [0.4, 0.5) is 5.82 Å². The first-order valence-electron chi connectivity index (χ1n) is 5.57. The quantitative estimate of drug-likeness (QED) is 0.837. The van der Waals surface area contributed by atoms with Crippen LogP contribution in [0, 0.1) is 0 Å². The van der Waals surface area contributed by atoms with Crippen LogP contribution < -0.4 is 4.90 Å². The lowest BCUT2D eigenvalue weighted by atomic mass is 10.3. The fourth-order valence-electron chi connectivity index (χ4n) is 1.88. The molecule has 1 aromatic heterocycles. The Kier molecular flexibility index (Phi) is 3.25. The van der Waals surface area contributed by atoms with Gasteiger partial charge in [-0.05, 0) is 19.1 Å². The zero-order valence-electron chi connectivity index (χ0n) is 9.91. The third-order valence-electron chi connectivity index (χ3n) is 3.01. The van der Waals surface area contributed by atoms with Crippen LogP contribution in [0.2, 0.25) is 0 Å². The van der Waals surface area contributed by atoms with Gasteiger partial charge in [0.25, 0.3) is 0 Å². The average Bonchev–Trinajstić information content (AvgIpc) is 2.33. The first kappa shape index (κ1) is 12.8. The van der Waals surface area contributed by atoms with E-state index in [0.717, 1.165) is 0 Å². The molecule has 6 nitrogen and oxygen atoms in total. The lowest BCUT2D eigenvalue weighted by molar-refractivity contribution is 0.0690. The number of rotatable bonds is 2. The SMILES string of the molecule is CC1CN(c2cccc(C(=O)O)n2)CCS1(=O)=O. The summed E-state index contributed by atoms with van der Waals surface area (Å²) in [6.07, 6.45) is 0. The molecule has 7 heteroatoms. The van der Waals surface area contributed by atoms with Crippen molar-refractivity contribution in [2.75, 3.05) is 23.7 Å². The first-order valence-corrected chi connectivity index (χ1v) is 7.28. The normalized spacial score (nSPS) is 22.7. The summed E-state index contributed by atoms with van der Waals surface area (Å²) in [6.45, 7) is 2.35. The van der Waals surface area contributed by atoms with E-state index < -0.39 is 21.1 Å². The van der Waals surface area contributed by atoms with Gasteiger partial charge in [-0.3, -0.25) is 0 Å². The van der Waals surface area contributed by atoms with Gasteiger partial charge in [0, 0.05) is 13.1 Å². The molecule has 2 heterocycles. The Labute approximate surface area is 105 Å². The van der Waals surface area contributed by atoms with Crippen molar-refractivity contribution in [1.82, 2.24) is 4.98 Å². The molecule has 0 amide bonds. The third kappa shape index (κ3) is 2.45. The predicted octanol–water partition coefficient (Wildman–Crippen LogP) is 0.403. The largest absolute Gasteiger partial charge is 0.477 e. The fraction of sp³-hybridized carbons (Fsp3) is 0.455. The van der Waals surface area contributed by atoms with Crippen LogP contribution in [0.5, 0.6) is 0 Å². The van der Waals surface area contributed by atoms with Crippen LogP contribution in [0.15, 0.2) is 18.2 Å². The highest BCUT2D eigenvalue weighted by atomic mass is 32.2. The Morgan fingerprint density at radius 2 is 2.22 bits per heavy atom. The van der Waals surface area contributed by atoms with Crippen LogP contribution in [0.3, 0.4) is 0 Å². The number of aromatic carboxylic acids is 1. The second-order valence-electron chi connectivity index (χ2n) is 4.31. The molecule has 0 aliphatic carbocycles. The van der Waals surface area contributed by atoms with E-state index in [9.17, 15) is 13.2 Å². The lowest BCUT2D eigenvalue weighted by Crippen LogP contribution is -2.46. The van der Waals surface area contributed by atoms with Gasteiger partial charge in [-0.1, -0.05) is 6.07 Å². The summed E-state index contributed by atoms with van der Waals surface area (Å²) in [6, 6.07) is 4.71. The second-order valence-corrected chi connectivity index (χ2v) is 6.85. The number of sulfone groups is 1. The Balaban J connectivity index is 2.23. The van der Waals surface area contributed by atoms with E-state index in [4.69, 9.17) is 5.11 Å². The number of aromatic nitrogens is 1. The molecular formula is C11H14N2O4S. The molecule has 1 aliphatic heterocycles. The highest BCUT2D eigenvalue weighted by molar-refractivity contribution is 7.92. The summed E-state index contributed by atoms with van der Waals surface area (Å²) in [5, 5.41) is 8.41. The van der Waals surface area contributed by atoms with E-state index >= 15 is 0 Å². The molecule has 0 saturated carbocycles. The molecule has 1 fully saturated rings. The van der Waals surface area contributed by atoms with Crippen molar-refractivity contribution >= 4 is 21.6 Å². The Morgan fingerprint density at radius 3 is 2.83 bits per heavy atom. The molecule has 2 rings (SSSR count). The zero-order chi connectivity index (χ0) is 13.3. The maximum atomic E-state index is 11.6. The van der Waals surface area contributed by atoms with Crippen LogP contribution in [-0.2, 0) is 9.84 Å². The number of pyridine rings is 1. The Hall–Kier alpha value is -1.63. The number of nitrogens with zero attached hydrogens (tertiary/aromatic N) is 2. The summed E-state index contributed by atoms with van der Waals surface area (Å²) in [7, 11) is -3.01. The van der Waals surface area contributed by atoms with Gasteiger partial charge in [0.05, 0.1) is 11.0 Å². The predicted molar refractivity (Wildman–Crippen MR) is 66.7 cm³/mol. The van der Waals surface area contributed by atoms with E-state index in [-0.39, 0.29) is 11.4 Å². The van der Waals surface area contributed by atoms with Crippen molar-refractivity contribution in [3.8, 4) is 0 Å². The number of carboxylic acids is 1. The molecular weight excluding hydrogens is 256 g/mol. The van der Waals surface area contributed by atoms with E-state index in [1.54, 1.807) is 24.0 Å². The van der Waals surface area contributed by atoms with Crippen LogP contribution >= 0.6 is 0 Å². The number of carbonyl (C=O) groups is 1. The highest BCUT2D eigenvalue weighted by Gasteiger charge is 2.30. The summed E-state index contributed by atoms with van der Waals surface area (Å²) in [4.78, 5) is 16.6. The monoisotopic (exact) mass is 270 g/mol. The maximum Gasteiger partial charge on any atom is 0.354 e. The summed E-state index contributed by atoms with van der Waals surface area (Å²) in [5.41, 5.74) is -0.0337. The standard InChI is InChI=1S/C11H14N2O4S/c1-8-7-13(5-6-18(8,16)17)10-4-2-3-9(12-10)11(14)15/h2-4,8H,5-7H2,1H3,(H,14,15). The van der Waals surface area contributed by atoms with E-state index in [0.29, 0.717) is 18.9 Å². The number of carboxylic acid groups (broad SMARTS) is 1. The molecule has 98 valence electrons. The third-order valence-corrected chi connectivity index (χ3v) is 5.14. The molecule has 1 aromatic rings. The highest BCUT2D eigenvalue weighted by Crippen LogP contribution is 2.18. The molecule has 1 N–H and O–H groups in total. The summed E-state index contributed by atoms with van der Waals surface area (Å²) in [5.74, 6) is -0.501. The minimum Gasteiger partial charge on any atom is -0.477 e. The van der Waals surface area contributed by atoms with Gasteiger partial charge in [0.1, 0.15) is 5.82 Å². The van der Waals surface area contributed by atoms with Gasteiger partial charge >= 0.3 is 5.97 Å². The molecule has 1 saturated heterocycles. The fourth-order valence-corrected chi connectivity index (χ4v) is 3.16. The van der Waals surface area contributed by atoms with Crippen molar-refractivity contribution in [2.45, 2.75) is 12.2 Å². The van der Waals surface area contributed by atoms with Crippen LogP contribution in [0.1, 0.15) is 17.4 Å². The molecule has 1 unspecified atom stereocenters. The van der Waals surface area contributed by atoms with Gasteiger partial charge in [0.15, 0.2) is 15.5 Å². The van der Waals surface area contributed by atoms with Gasteiger partial charge in [-0.25, -0.2) is 18.2 Å². The molecule has 0 spiro atoms. The van der Waals surface area contributed by atoms with Crippen LogP contribution in [-0.4, -0.2) is 48.6 Å². The minimum absolute atomic E-state index is 0.0337. The van der Waals surface area contributed by atoms with Crippen molar-refractivity contribution < 1.29 is 18.3 Å². The minimum atomic E-state index is -3.01. The zero-order valence-corrected chi connectivity index (χ0v) is 10.7. The van der Waals surface area contributed by atoms with Crippen molar-refractivity contribution in [1.29, 1.82) is 0 Å². The lowest BCUT2D eigenvalue weighted by Gasteiger charge is -2.31. The molecule has 1 aliphatic rings. The van der Waals surface area contributed by atoms with Crippen molar-refractivity contribution in [3.63, 3.8) is 0 Å².